The Balaban J connectivity index is 2.22. The molecule has 0 radical (unpaired) electrons. The van der Waals surface area contributed by atoms with E-state index in [1.165, 1.54) is 10.7 Å². The Morgan fingerprint density at radius 2 is 2.13 bits per heavy atom. The van der Waals surface area contributed by atoms with Crippen molar-refractivity contribution < 1.29 is 9.18 Å². The minimum atomic E-state index is -0.263. The molecule has 0 saturated carbocycles. The lowest BCUT2D eigenvalue weighted by atomic mass is 10.2. The van der Waals surface area contributed by atoms with Gasteiger partial charge in [-0.05, 0) is 12.1 Å². The number of benzene rings is 1. The molecule has 2 aromatic rings. The third-order valence-corrected chi connectivity index (χ3v) is 2.07. The monoisotopic (exact) mass is 204 g/mol. The molecule has 1 aromatic carbocycles. The minimum absolute atomic E-state index is 0.263. The highest BCUT2D eigenvalue weighted by molar-refractivity contribution is 5.71. The van der Waals surface area contributed by atoms with Crippen LogP contribution in [-0.2, 0) is 6.54 Å². The maximum Gasteiger partial charge on any atom is 0.170 e. The first-order valence-corrected chi connectivity index (χ1v) is 4.51. The molecule has 0 unspecified atom stereocenters. The average Bonchev–Trinajstić information content (AvgIpc) is 2.69. The molecule has 0 amide bonds. The number of carbonyl (C=O) groups excluding carboxylic acids is 1. The molecule has 2 rings (SSSR count). The fourth-order valence-corrected chi connectivity index (χ4v) is 1.33. The summed E-state index contributed by atoms with van der Waals surface area (Å²) in [6.07, 6.45) is 2.31. The molecule has 0 aliphatic heterocycles. The van der Waals surface area contributed by atoms with E-state index in [0.29, 0.717) is 24.1 Å². The number of halogens is 1. The molecule has 1 aromatic heterocycles. The number of carbonyl (C=O) groups is 1. The van der Waals surface area contributed by atoms with Gasteiger partial charge in [-0.15, -0.1) is 0 Å². The van der Waals surface area contributed by atoms with E-state index >= 15 is 0 Å². The molecule has 0 N–H and O–H groups in total. The van der Waals surface area contributed by atoms with E-state index in [2.05, 4.69) is 5.10 Å². The Morgan fingerprint density at radius 3 is 2.80 bits per heavy atom. The highest BCUT2D eigenvalue weighted by atomic mass is 19.1. The van der Waals surface area contributed by atoms with Crippen molar-refractivity contribution in [3.05, 3.63) is 53.6 Å². The third-order valence-electron chi connectivity index (χ3n) is 2.07. The molecule has 0 atom stereocenters. The van der Waals surface area contributed by atoms with Crippen LogP contribution in [0.15, 0.2) is 36.5 Å². The molecule has 0 spiro atoms. The maximum absolute atomic E-state index is 13.3. The quantitative estimate of drug-likeness (QED) is 0.715. The Kier molecular flexibility index (Phi) is 2.58. The second kappa shape index (κ2) is 4.04. The number of rotatable bonds is 3. The molecule has 0 aliphatic carbocycles. The smallest absolute Gasteiger partial charge is 0.170 e. The van der Waals surface area contributed by atoms with Crippen molar-refractivity contribution in [3.8, 4) is 0 Å². The van der Waals surface area contributed by atoms with E-state index < -0.39 is 0 Å². The van der Waals surface area contributed by atoms with Crippen LogP contribution in [0.3, 0.4) is 0 Å². The maximum atomic E-state index is 13.3. The van der Waals surface area contributed by atoms with Gasteiger partial charge in [-0.2, -0.15) is 5.10 Å². The summed E-state index contributed by atoms with van der Waals surface area (Å²) in [7, 11) is 0. The number of hydrogen-bond donors (Lipinski definition) is 0. The van der Waals surface area contributed by atoms with Crippen molar-refractivity contribution in [1.29, 1.82) is 0 Å². The van der Waals surface area contributed by atoms with Crippen molar-refractivity contribution in [2.75, 3.05) is 0 Å². The standard InChI is InChI=1S/C11H9FN2O/c12-11-4-2-1-3-9(11)7-14-6-5-10(8-15)13-14/h1-6,8H,7H2. The fourth-order valence-electron chi connectivity index (χ4n) is 1.33. The predicted octanol–water partition coefficient (Wildman–Crippen LogP) is 1.88. The Morgan fingerprint density at radius 1 is 1.33 bits per heavy atom. The van der Waals surface area contributed by atoms with Gasteiger partial charge in [0.2, 0.25) is 0 Å². The molecular weight excluding hydrogens is 195 g/mol. The van der Waals surface area contributed by atoms with Gasteiger partial charge < -0.3 is 0 Å². The van der Waals surface area contributed by atoms with Crippen LogP contribution in [0.5, 0.6) is 0 Å². The lowest BCUT2D eigenvalue weighted by Gasteiger charge is -2.02. The molecule has 4 heteroatoms. The van der Waals surface area contributed by atoms with Crippen molar-refractivity contribution in [1.82, 2.24) is 9.78 Å². The normalized spacial score (nSPS) is 10.2. The zero-order valence-corrected chi connectivity index (χ0v) is 7.93. The first kappa shape index (κ1) is 9.58. The molecule has 0 aliphatic rings. The number of hydrogen-bond acceptors (Lipinski definition) is 2. The van der Waals surface area contributed by atoms with Crippen LogP contribution in [0.4, 0.5) is 4.39 Å². The summed E-state index contributed by atoms with van der Waals surface area (Å²) >= 11 is 0. The second-order valence-corrected chi connectivity index (χ2v) is 3.15. The van der Waals surface area contributed by atoms with Gasteiger partial charge >= 0.3 is 0 Å². The molecule has 0 saturated heterocycles. The summed E-state index contributed by atoms with van der Waals surface area (Å²) in [5.74, 6) is -0.263. The first-order valence-electron chi connectivity index (χ1n) is 4.51. The topological polar surface area (TPSA) is 34.9 Å². The summed E-state index contributed by atoms with van der Waals surface area (Å²) in [5, 5.41) is 3.95. The van der Waals surface area contributed by atoms with Gasteiger partial charge in [0.25, 0.3) is 0 Å². The van der Waals surface area contributed by atoms with Gasteiger partial charge in [0.1, 0.15) is 11.5 Å². The van der Waals surface area contributed by atoms with Crippen molar-refractivity contribution in [3.63, 3.8) is 0 Å². The Hall–Kier alpha value is -1.97. The lowest BCUT2D eigenvalue weighted by Crippen LogP contribution is -2.02. The largest absolute Gasteiger partial charge is 0.296 e. The zero-order chi connectivity index (χ0) is 10.7. The van der Waals surface area contributed by atoms with Crippen LogP contribution in [-0.4, -0.2) is 16.1 Å². The highest BCUT2D eigenvalue weighted by Gasteiger charge is 2.02. The van der Waals surface area contributed by atoms with Crippen LogP contribution in [0.1, 0.15) is 16.1 Å². The van der Waals surface area contributed by atoms with E-state index in [9.17, 15) is 9.18 Å². The Labute approximate surface area is 86.2 Å². The molecule has 1 heterocycles. The van der Waals surface area contributed by atoms with E-state index in [1.807, 2.05) is 0 Å². The third kappa shape index (κ3) is 2.10. The highest BCUT2D eigenvalue weighted by Crippen LogP contribution is 2.08. The van der Waals surface area contributed by atoms with Gasteiger partial charge in [-0.3, -0.25) is 9.48 Å². The Bertz CT molecular complexity index is 479. The SMILES string of the molecule is O=Cc1ccn(Cc2ccccc2F)n1. The molecule has 3 nitrogen and oxygen atoms in total. The van der Waals surface area contributed by atoms with E-state index in [-0.39, 0.29) is 5.82 Å². The van der Waals surface area contributed by atoms with Crippen LogP contribution in [0, 0.1) is 5.82 Å². The van der Waals surface area contributed by atoms with Gasteiger partial charge in [-0.25, -0.2) is 4.39 Å². The van der Waals surface area contributed by atoms with Crippen LogP contribution >= 0.6 is 0 Å². The van der Waals surface area contributed by atoms with E-state index in [4.69, 9.17) is 0 Å². The molecule has 76 valence electrons. The van der Waals surface area contributed by atoms with Crippen LogP contribution in [0.2, 0.25) is 0 Å². The zero-order valence-electron chi connectivity index (χ0n) is 7.93. The van der Waals surface area contributed by atoms with Gasteiger partial charge in [0.05, 0.1) is 6.54 Å². The van der Waals surface area contributed by atoms with Gasteiger partial charge in [0, 0.05) is 11.8 Å². The van der Waals surface area contributed by atoms with Crippen LogP contribution < -0.4 is 0 Å². The molecule has 15 heavy (non-hydrogen) atoms. The summed E-state index contributed by atoms with van der Waals surface area (Å²) in [4.78, 5) is 10.4. The van der Waals surface area contributed by atoms with Gasteiger partial charge in [-0.1, -0.05) is 18.2 Å². The summed E-state index contributed by atoms with van der Waals surface area (Å²) in [5.41, 5.74) is 0.907. The van der Waals surface area contributed by atoms with Crippen LogP contribution in [0.25, 0.3) is 0 Å². The van der Waals surface area contributed by atoms with Crippen molar-refractivity contribution in [2.24, 2.45) is 0 Å². The van der Waals surface area contributed by atoms with E-state index in [0.717, 1.165) is 0 Å². The molecule has 0 fully saturated rings. The fraction of sp³-hybridized carbons (Fsp3) is 0.0909. The van der Waals surface area contributed by atoms with Gasteiger partial charge in [0.15, 0.2) is 6.29 Å². The minimum Gasteiger partial charge on any atom is -0.296 e. The summed E-state index contributed by atoms with van der Waals surface area (Å²) < 4.78 is 14.8. The average molecular weight is 204 g/mol. The number of aromatic nitrogens is 2. The number of aldehydes is 1. The molecule has 0 bridgehead atoms. The summed E-state index contributed by atoms with van der Waals surface area (Å²) in [6, 6.07) is 8.09. The first-order chi connectivity index (χ1) is 7.29. The van der Waals surface area contributed by atoms with Crippen molar-refractivity contribution >= 4 is 6.29 Å². The predicted molar refractivity (Wildman–Crippen MR) is 53.1 cm³/mol. The summed E-state index contributed by atoms with van der Waals surface area (Å²) in [6.45, 7) is 0.334. The second-order valence-electron chi connectivity index (χ2n) is 3.15. The molecular formula is C11H9FN2O. The van der Waals surface area contributed by atoms with E-state index in [1.54, 1.807) is 30.5 Å². The lowest BCUT2D eigenvalue weighted by molar-refractivity contribution is 0.111. The number of nitrogens with zero attached hydrogens (tertiary/aromatic N) is 2. The van der Waals surface area contributed by atoms with Crippen molar-refractivity contribution in [2.45, 2.75) is 6.54 Å².